The molecule has 0 unspecified atom stereocenters. The maximum absolute atomic E-state index is 13.1. The molecule has 2 N–H and O–H groups in total. The molecule has 1 aliphatic rings. The van der Waals surface area contributed by atoms with Gasteiger partial charge in [-0.05, 0) is 71.7 Å². The largest absolute Gasteiger partial charge is 0.465 e. The van der Waals surface area contributed by atoms with E-state index in [-0.39, 0.29) is 5.92 Å². The lowest BCUT2D eigenvalue weighted by molar-refractivity contribution is -0.122. The van der Waals surface area contributed by atoms with Crippen LogP contribution in [0.15, 0.2) is 36.4 Å². The Labute approximate surface area is 176 Å². The zero-order chi connectivity index (χ0) is 22.1. The predicted molar refractivity (Wildman–Crippen MR) is 112 cm³/mol. The van der Waals surface area contributed by atoms with Gasteiger partial charge in [0.1, 0.15) is 0 Å². The molecule has 158 valence electrons. The third-order valence-electron chi connectivity index (χ3n) is 5.77. The first kappa shape index (κ1) is 21.6. The molecule has 1 amide bonds. The first-order chi connectivity index (χ1) is 14.2. The number of rotatable bonds is 5. The Bertz CT molecular complexity index is 941. The summed E-state index contributed by atoms with van der Waals surface area (Å²) in [6.07, 6.45) is 1.72. The van der Waals surface area contributed by atoms with Crippen LogP contribution < -0.4 is 5.73 Å². The van der Waals surface area contributed by atoms with Gasteiger partial charge in [0.25, 0.3) is 0 Å². The lowest BCUT2D eigenvalue weighted by atomic mass is 9.67. The monoisotopic (exact) mass is 409 g/mol. The van der Waals surface area contributed by atoms with Crippen molar-refractivity contribution in [2.45, 2.75) is 38.5 Å². The zero-order valence-corrected chi connectivity index (χ0v) is 17.8. The van der Waals surface area contributed by atoms with Gasteiger partial charge in [-0.1, -0.05) is 26.0 Å². The van der Waals surface area contributed by atoms with Crippen LogP contribution in [-0.2, 0) is 32.5 Å². The number of carbonyl (C=O) groups is 3. The number of amides is 1. The summed E-state index contributed by atoms with van der Waals surface area (Å²) < 4.78 is 9.71. The van der Waals surface area contributed by atoms with Gasteiger partial charge in [0.2, 0.25) is 5.91 Å². The van der Waals surface area contributed by atoms with Crippen molar-refractivity contribution in [2.24, 2.45) is 11.7 Å². The van der Waals surface area contributed by atoms with Crippen molar-refractivity contribution >= 4 is 17.8 Å². The summed E-state index contributed by atoms with van der Waals surface area (Å²) >= 11 is 0. The molecule has 0 heterocycles. The Morgan fingerprint density at radius 3 is 1.67 bits per heavy atom. The highest BCUT2D eigenvalue weighted by Gasteiger charge is 2.45. The van der Waals surface area contributed by atoms with Gasteiger partial charge in [-0.25, -0.2) is 9.59 Å². The maximum Gasteiger partial charge on any atom is 0.337 e. The maximum atomic E-state index is 13.1. The summed E-state index contributed by atoms with van der Waals surface area (Å²) in [4.78, 5) is 37.2. The molecule has 2 aromatic carbocycles. The van der Waals surface area contributed by atoms with E-state index in [2.05, 4.69) is 0 Å². The van der Waals surface area contributed by atoms with E-state index in [1.54, 1.807) is 24.3 Å². The van der Waals surface area contributed by atoms with Crippen molar-refractivity contribution in [1.29, 1.82) is 0 Å². The summed E-state index contributed by atoms with van der Waals surface area (Å²) in [7, 11) is 2.68. The third-order valence-corrected chi connectivity index (χ3v) is 5.77. The molecular weight excluding hydrogens is 382 g/mol. The second kappa shape index (κ2) is 8.30. The number of primary amides is 1. The van der Waals surface area contributed by atoms with Crippen LogP contribution in [0.3, 0.4) is 0 Å². The highest BCUT2D eigenvalue weighted by atomic mass is 16.5. The highest BCUT2D eigenvalue weighted by molar-refractivity contribution is 5.95. The van der Waals surface area contributed by atoms with Crippen molar-refractivity contribution in [2.75, 3.05) is 14.2 Å². The number of hydrogen-bond acceptors (Lipinski definition) is 5. The van der Waals surface area contributed by atoms with Crippen molar-refractivity contribution in [1.82, 2.24) is 0 Å². The summed E-state index contributed by atoms with van der Waals surface area (Å²) in [6.45, 7) is 4.08. The molecule has 0 radical (unpaired) electrons. The lowest BCUT2D eigenvalue weighted by Gasteiger charge is -2.35. The minimum absolute atomic E-state index is 0.178. The molecule has 0 saturated heterocycles. The SMILES string of the molecule is COC(=O)c1ccc2c(c1)CCc1cc(C(=O)OC)ccc1C2(CC(C)C)C(N)=O. The lowest BCUT2D eigenvalue weighted by Crippen LogP contribution is -2.44. The fourth-order valence-electron chi connectivity index (χ4n) is 4.54. The summed E-state index contributed by atoms with van der Waals surface area (Å²) in [5, 5.41) is 0. The molecule has 0 bridgehead atoms. The molecular formula is C24H27NO5. The van der Waals surface area contributed by atoms with Gasteiger partial charge in [0.05, 0.1) is 30.8 Å². The molecule has 0 fully saturated rings. The number of benzene rings is 2. The summed E-state index contributed by atoms with van der Waals surface area (Å²) in [5.41, 5.74) is 9.26. The molecule has 6 nitrogen and oxygen atoms in total. The number of fused-ring (bicyclic) bond motifs is 2. The van der Waals surface area contributed by atoms with Gasteiger partial charge in [-0.2, -0.15) is 0 Å². The minimum Gasteiger partial charge on any atom is -0.465 e. The van der Waals surface area contributed by atoms with Crippen molar-refractivity contribution in [3.05, 3.63) is 69.8 Å². The van der Waals surface area contributed by atoms with Gasteiger partial charge in [-0.15, -0.1) is 0 Å². The molecule has 0 saturated carbocycles. The fraction of sp³-hybridized carbons (Fsp3) is 0.375. The van der Waals surface area contributed by atoms with Crippen molar-refractivity contribution in [3.63, 3.8) is 0 Å². The number of ether oxygens (including phenoxy) is 2. The van der Waals surface area contributed by atoms with E-state index in [0.717, 1.165) is 22.3 Å². The number of hydrogen-bond donors (Lipinski definition) is 1. The van der Waals surface area contributed by atoms with E-state index in [1.165, 1.54) is 14.2 Å². The van der Waals surface area contributed by atoms with Crippen LogP contribution in [0.4, 0.5) is 0 Å². The molecule has 0 aromatic heterocycles. The first-order valence-corrected chi connectivity index (χ1v) is 9.98. The molecule has 1 aliphatic carbocycles. The van der Waals surface area contributed by atoms with Crippen molar-refractivity contribution < 1.29 is 23.9 Å². The second-order valence-electron chi connectivity index (χ2n) is 8.09. The van der Waals surface area contributed by atoms with E-state index in [1.807, 2.05) is 26.0 Å². The molecule has 2 aromatic rings. The van der Waals surface area contributed by atoms with Crippen molar-refractivity contribution in [3.8, 4) is 0 Å². The van der Waals surface area contributed by atoms with Gasteiger partial charge in [0, 0.05) is 0 Å². The van der Waals surface area contributed by atoms with E-state index < -0.39 is 23.3 Å². The molecule has 3 rings (SSSR count). The Morgan fingerprint density at radius 1 is 0.900 bits per heavy atom. The van der Waals surface area contributed by atoms with E-state index in [9.17, 15) is 14.4 Å². The fourth-order valence-corrected chi connectivity index (χ4v) is 4.54. The standard InChI is InChI=1S/C24H27NO5/c1-14(2)13-24(23(25)28)19-9-7-17(21(26)29-3)11-15(19)5-6-16-12-18(22(27)30-4)8-10-20(16)24/h7-12,14H,5-6,13H2,1-4H3,(H2,25,28). The smallest absolute Gasteiger partial charge is 0.337 e. The second-order valence-corrected chi connectivity index (χ2v) is 8.09. The number of methoxy groups -OCH3 is 2. The molecule has 0 atom stereocenters. The van der Waals surface area contributed by atoms with Crippen LogP contribution in [0.25, 0.3) is 0 Å². The van der Waals surface area contributed by atoms with Crippen LogP contribution in [-0.4, -0.2) is 32.1 Å². The van der Waals surface area contributed by atoms with Crippen LogP contribution in [0.2, 0.25) is 0 Å². The number of esters is 2. The predicted octanol–water partition coefficient (Wildman–Crippen LogP) is 3.18. The van der Waals surface area contributed by atoms with Gasteiger partial charge >= 0.3 is 11.9 Å². The minimum atomic E-state index is -1.06. The zero-order valence-electron chi connectivity index (χ0n) is 17.8. The molecule has 6 heteroatoms. The van der Waals surface area contributed by atoms with Gasteiger partial charge in [0.15, 0.2) is 0 Å². The van der Waals surface area contributed by atoms with Gasteiger partial charge in [-0.3, -0.25) is 4.79 Å². The number of nitrogens with two attached hydrogens (primary N) is 1. The molecule has 30 heavy (non-hydrogen) atoms. The average molecular weight is 409 g/mol. The first-order valence-electron chi connectivity index (χ1n) is 9.98. The van der Waals surface area contributed by atoms with Crippen LogP contribution >= 0.6 is 0 Å². The number of aryl methyl sites for hydroxylation is 2. The van der Waals surface area contributed by atoms with Gasteiger partial charge < -0.3 is 15.2 Å². The van der Waals surface area contributed by atoms with E-state index >= 15 is 0 Å². The third kappa shape index (κ3) is 3.58. The topological polar surface area (TPSA) is 95.7 Å². The highest BCUT2D eigenvalue weighted by Crippen LogP contribution is 2.44. The quantitative estimate of drug-likeness (QED) is 0.765. The Hall–Kier alpha value is -3.15. The van der Waals surface area contributed by atoms with Crippen LogP contribution in [0.1, 0.15) is 63.2 Å². The summed E-state index contributed by atoms with van der Waals surface area (Å²) in [6, 6.07) is 10.6. The normalized spacial score (nSPS) is 14.3. The Morgan fingerprint density at radius 2 is 1.33 bits per heavy atom. The van der Waals surface area contributed by atoms with Crippen LogP contribution in [0.5, 0.6) is 0 Å². The number of carbonyl (C=O) groups excluding carboxylic acids is 3. The van der Waals surface area contributed by atoms with E-state index in [0.29, 0.717) is 30.4 Å². The van der Waals surface area contributed by atoms with Crippen LogP contribution in [0, 0.1) is 5.92 Å². The Kier molecular flexibility index (Phi) is 5.97. The molecule has 0 spiro atoms. The van der Waals surface area contributed by atoms with E-state index in [4.69, 9.17) is 15.2 Å². The molecule has 0 aliphatic heterocycles. The summed E-state index contributed by atoms with van der Waals surface area (Å²) in [5.74, 6) is -1.13. The average Bonchev–Trinajstić information content (AvgIpc) is 2.87. The Balaban J connectivity index is 2.30.